The van der Waals surface area contributed by atoms with Crippen molar-refractivity contribution < 1.29 is 20.1 Å². The minimum absolute atomic E-state index is 0.0725. The van der Waals surface area contributed by atoms with Crippen molar-refractivity contribution in [3.63, 3.8) is 0 Å². The number of hydrogen-bond donors (Lipinski definition) is 1. The first-order valence-electron chi connectivity index (χ1n) is 7.29. The molecule has 0 unspecified atom stereocenters. The predicted octanol–water partition coefficient (Wildman–Crippen LogP) is 0.445. The van der Waals surface area contributed by atoms with Gasteiger partial charge in [-0.25, -0.2) is 0 Å². The molecule has 5 nitrogen and oxygen atoms in total. The van der Waals surface area contributed by atoms with Gasteiger partial charge in [-0.05, 0) is 26.2 Å². The van der Waals surface area contributed by atoms with Crippen LogP contribution in [0.25, 0.3) is 0 Å². The van der Waals surface area contributed by atoms with Crippen LogP contribution in [0.4, 0.5) is 0 Å². The second-order valence-corrected chi connectivity index (χ2v) is 5.37. The van der Waals surface area contributed by atoms with E-state index in [0.717, 1.165) is 25.8 Å². The quantitative estimate of drug-likeness (QED) is 0.738. The smallest absolute Gasteiger partial charge is 0.310 e. The van der Waals surface area contributed by atoms with Gasteiger partial charge < -0.3 is 15.4 Å². The molecule has 1 amide bonds. The number of hydrogen-bond acceptors (Lipinski definition) is 3. The summed E-state index contributed by atoms with van der Waals surface area (Å²) in [6.07, 6.45) is 2.62. The highest BCUT2D eigenvalue weighted by Gasteiger charge is 2.34. The zero-order valence-corrected chi connectivity index (χ0v) is 12.4. The summed E-state index contributed by atoms with van der Waals surface area (Å²) >= 11 is 0. The summed E-state index contributed by atoms with van der Waals surface area (Å²) in [4.78, 5) is 25.9. The molecule has 0 aliphatic carbocycles. The molecule has 3 N–H and O–H groups in total. The zero-order chi connectivity index (χ0) is 14.4. The van der Waals surface area contributed by atoms with E-state index in [1.807, 2.05) is 6.92 Å². The molecule has 1 aliphatic rings. The third-order valence-corrected chi connectivity index (χ3v) is 4.00. The first-order chi connectivity index (χ1) is 9.01. The largest absolute Gasteiger partial charge is 0.466 e. The van der Waals surface area contributed by atoms with Crippen LogP contribution in [0.15, 0.2) is 0 Å². The lowest BCUT2D eigenvalue weighted by Crippen LogP contribution is -2.71. The van der Waals surface area contributed by atoms with E-state index >= 15 is 0 Å². The van der Waals surface area contributed by atoms with Crippen molar-refractivity contribution in [2.75, 3.05) is 19.7 Å². The number of carbonyl (C=O) groups excluding carboxylic acids is 2. The number of amides is 1. The number of quaternary nitrogens is 1. The van der Waals surface area contributed by atoms with Crippen LogP contribution in [-0.2, 0) is 14.3 Å². The van der Waals surface area contributed by atoms with E-state index in [2.05, 4.69) is 12.7 Å². The Hall–Kier alpha value is -1.10. The van der Waals surface area contributed by atoms with Gasteiger partial charge in [0.15, 0.2) is 6.04 Å². The number of carbonyl (C=O) groups is 2. The van der Waals surface area contributed by atoms with Crippen molar-refractivity contribution in [2.45, 2.75) is 46.1 Å². The van der Waals surface area contributed by atoms with Crippen LogP contribution < -0.4 is 5.73 Å². The van der Waals surface area contributed by atoms with Crippen molar-refractivity contribution in [1.29, 1.82) is 0 Å². The fraction of sp³-hybridized carbons (Fsp3) is 0.857. The van der Waals surface area contributed by atoms with Crippen molar-refractivity contribution in [1.82, 2.24) is 4.90 Å². The van der Waals surface area contributed by atoms with Gasteiger partial charge in [-0.2, -0.15) is 0 Å². The van der Waals surface area contributed by atoms with Crippen molar-refractivity contribution in [3.05, 3.63) is 0 Å². The summed E-state index contributed by atoms with van der Waals surface area (Å²) in [7, 11) is 0. The van der Waals surface area contributed by atoms with Crippen LogP contribution in [0.1, 0.15) is 40.0 Å². The van der Waals surface area contributed by atoms with Crippen molar-refractivity contribution in [3.8, 4) is 0 Å². The van der Waals surface area contributed by atoms with Gasteiger partial charge in [0.2, 0.25) is 0 Å². The molecule has 19 heavy (non-hydrogen) atoms. The molecule has 0 aromatic carbocycles. The Kier molecular flexibility index (Phi) is 6.28. The van der Waals surface area contributed by atoms with Gasteiger partial charge in [-0.1, -0.05) is 13.8 Å². The third-order valence-electron chi connectivity index (χ3n) is 4.00. The van der Waals surface area contributed by atoms with Gasteiger partial charge in [0.25, 0.3) is 5.91 Å². The summed E-state index contributed by atoms with van der Waals surface area (Å²) in [5.41, 5.74) is 3.98. The number of nitrogens with zero attached hydrogens (tertiary/aromatic N) is 1. The maximum absolute atomic E-state index is 12.3. The van der Waals surface area contributed by atoms with E-state index in [-0.39, 0.29) is 29.8 Å². The molecule has 1 rings (SSSR count). The maximum Gasteiger partial charge on any atom is 0.310 e. The SMILES string of the molecule is CCOC(=O)[C@H]1CCCN(C(=O)[C@H]([NH3+])[C@@H](C)CC)C1. The monoisotopic (exact) mass is 271 g/mol. The topological polar surface area (TPSA) is 74.2 Å². The second kappa shape index (κ2) is 7.48. The van der Waals surface area contributed by atoms with Gasteiger partial charge in [0.1, 0.15) is 0 Å². The van der Waals surface area contributed by atoms with Gasteiger partial charge in [0.05, 0.1) is 12.5 Å². The van der Waals surface area contributed by atoms with Crippen LogP contribution in [0.3, 0.4) is 0 Å². The van der Waals surface area contributed by atoms with Crippen LogP contribution >= 0.6 is 0 Å². The minimum atomic E-state index is -0.217. The Morgan fingerprint density at radius 2 is 2.11 bits per heavy atom. The Balaban J connectivity index is 2.59. The Morgan fingerprint density at radius 3 is 2.68 bits per heavy atom. The van der Waals surface area contributed by atoms with Crippen LogP contribution in [0.5, 0.6) is 0 Å². The highest BCUT2D eigenvalue weighted by atomic mass is 16.5. The highest BCUT2D eigenvalue weighted by molar-refractivity contribution is 5.82. The van der Waals surface area contributed by atoms with E-state index in [1.54, 1.807) is 11.8 Å². The third kappa shape index (κ3) is 4.20. The maximum atomic E-state index is 12.3. The lowest BCUT2D eigenvalue weighted by atomic mass is 9.94. The number of rotatable bonds is 5. The average molecular weight is 271 g/mol. The molecule has 0 aromatic rings. The molecule has 0 saturated carbocycles. The second-order valence-electron chi connectivity index (χ2n) is 5.37. The molecular weight excluding hydrogens is 244 g/mol. The molecule has 5 heteroatoms. The van der Waals surface area contributed by atoms with E-state index < -0.39 is 0 Å². The molecule has 0 radical (unpaired) electrons. The number of piperidine rings is 1. The number of esters is 1. The van der Waals surface area contributed by atoms with Gasteiger partial charge in [-0.3, -0.25) is 9.59 Å². The zero-order valence-electron chi connectivity index (χ0n) is 12.4. The molecule has 1 aliphatic heterocycles. The van der Waals surface area contributed by atoms with Crippen molar-refractivity contribution in [2.24, 2.45) is 11.8 Å². The summed E-state index contributed by atoms with van der Waals surface area (Å²) in [5.74, 6) is 0.00440. The number of ether oxygens (including phenoxy) is 1. The Bertz CT molecular complexity index is 320. The van der Waals surface area contributed by atoms with E-state index in [1.165, 1.54) is 0 Å². The molecule has 1 heterocycles. The lowest BCUT2D eigenvalue weighted by molar-refractivity contribution is -0.417. The summed E-state index contributed by atoms with van der Waals surface area (Å²) < 4.78 is 5.05. The van der Waals surface area contributed by atoms with Gasteiger partial charge >= 0.3 is 5.97 Å². The van der Waals surface area contributed by atoms with Crippen molar-refractivity contribution >= 4 is 11.9 Å². The molecule has 3 atom stereocenters. The van der Waals surface area contributed by atoms with Gasteiger partial charge in [0, 0.05) is 19.0 Å². The summed E-state index contributed by atoms with van der Waals surface area (Å²) in [5, 5.41) is 0. The fourth-order valence-corrected chi connectivity index (χ4v) is 2.39. The van der Waals surface area contributed by atoms with E-state index in [9.17, 15) is 9.59 Å². The molecule has 0 bridgehead atoms. The molecule has 0 spiro atoms. The highest BCUT2D eigenvalue weighted by Crippen LogP contribution is 2.19. The van der Waals surface area contributed by atoms with Crippen LogP contribution in [-0.4, -0.2) is 42.5 Å². The molecular formula is C14H27N2O3+. The number of likely N-dealkylation sites (tertiary alicyclic amines) is 1. The molecule has 110 valence electrons. The van der Waals surface area contributed by atoms with Gasteiger partial charge in [-0.15, -0.1) is 0 Å². The van der Waals surface area contributed by atoms with Crippen LogP contribution in [0.2, 0.25) is 0 Å². The Labute approximate surface area is 115 Å². The Morgan fingerprint density at radius 1 is 1.42 bits per heavy atom. The summed E-state index contributed by atoms with van der Waals surface area (Å²) in [6.45, 7) is 7.53. The van der Waals surface area contributed by atoms with Crippen LogP contribution in [0, 0.1) is 11.8 Å². The fourth-order valence-electron chi connectivity index (χ4n) is 2.39. The predicted molar refractivity (Wildman–Crippen MR) is 72.1 cm³/mol. The average Bonchev–Trinajstić information content (AvgIpc) is 2.45. The molecule has 0 aromatic heterocycles. The normalized spacial score (nSPS) is 22.7. The minimum Gasteiger partial charge on any atom is -0.466 e. The molecule has 1 saturated heterocycles. The first kappa shape index (κ1) is 16.0. The standard InChI is InChI=1S/C14H26N2O3/c1-4-10(3)12(15)13(17)16-8-6-7-11(9-16)14(18)19-5-2/h10-12H,4-9,15H2,1-3H3/p+1/t10-,11-,12+/m0/s1. The van der Waals surface area contributed by atoms with E-state index in [4.69, 9.17) is 4.74 Å². The van der Waals surface area contributed by atoms with E-state index in [0.29, 0.717) is 13.2 Å². The molecule has 1 fully saturated rings. The first-order valence-corrected chi connectivity index (χ1v) is 7.29. The lowest BCUT2D eigenvalue weighted by Gasteiger charge is -2.33. The summed E-state index contributed by atoms with van der Waals surface area (Å²) in [6, 6.07) is -0.217.